The molecule has 0 aliphatic carbocycles. The Hall–Kier alpha value is -1.55. The van der Waals surface area contributed by atoms with Crippen LogP contribution in [-0.4, -0.2) is 44.0 Å². The molecule has 98 valence electrons. The molecule has 1 unspecified atom stereocenters. The Morgan fingerprint density at radius 1 is 1.44 bits per heavy atom. The van der Waals surface area contributed by atoms with Crippen LogP contribution < -0.4 is 10.6 Å². The summed E-state index contributed by atoms with van der Waals surface area (Å²) in [5.74, 6) is 0.0441. The Bertz CT molecular complexity index is 437. The Morgan fingerprint density at radius 2 is 2.22 bits per heavy atom. The highest BCUT2D eigenvalue weighted by atomic mass is 16.2. The average molecular weight is 247 g/mol. The summed E-state index contributed by atoms with van der Waals surface area (Å²) < 4.78 is 0. The number of carbonyl (C=O) groups is 1. The smallest absolute Gasteiger partial charge is 0.253 e. The van der Waals surface area contributed by atoms with Gasteiger partial charge in [-0.3, -0.25) is 4.79 Å². The second-order valence-corrected chi connectivity index (χ2v) is 5.06. The molecule has 2 N–H and O–H groups in total. The zero-order valence-corrected chi connectivity index (χ0v) is 11.3. The van der Waals surface area contributed by atoms with E-state index in [0.29, 0.717) is 6.04 Å². The highest BCUT2D eigenvalue weighted by molar-refractivity contribution is 5.95. The number of anilines is 1. The number of benzene rings is 1. The maximum absolute atomic E-state index is 11.9. The van der Waals surface area contributed by atoms with Crippen molar-refractivity contribution >= 4 is 11.6 Å². The Morgan fingerprint density at radius 3 is 2.83 bits per heavy atom. The number of rotatable bonds is 3. The van der Waals surface area contributed by atoms with E-state index in [1.165, 1.54) is 5.56 Å². The standard InChI is InChI=1S/C14H21N3O/c1-10-4-5-11(14(18)17(2)3)8-13(10)16-12-6-7-15-9-12/h4-5,8,12,15-16H,6-7,9H2,1-3H3. The zero-order valence-electron chi connectivity index (χ0n) is 11.3. The quantitative estimate of drug-likeness (QED) is 0.850. The van der Waals surface area contributed by atoms with Crippen LogP contribution in [0.3, 0.4) is 0 Å². The van der Waals surface area contributed by atoms with Gasteiger partial charge < -0.3 is 15.5 Å². The van der Waals surface area contributed by atoms with Crippen molar-refractivity contribution in [2.45, 2.75) is 19.4 Å². The number of amides is 1. The van der Waals surface area contributed by atoms with Crippen LogP contribution in [0.4, 0.5) is 5.69 Å². The molecule has 0 bridgehead atoms. The fraction of sp³-hybridized carbons (Fsp3) is 0.500. The van der Waals surface area contributed by atoms with Gasteiger partial charge in [0.25, 0.3) is 5.91 Å². The van der Waals surface area contributed by atoms with E-state index in [-0.39, 0.29) is 5.91 Å². The third kappa shape index (κ3) is 2.82. The molecule has 1 aromatic rings. The molecule has 0 aromatic heterocycles. The van der Waals surface area contributed by atoms with Gasteiger partial charge in [0.2, 0.25) is 0 Å². The van der Waals surface area contributed by atoms with E-state index in [9.17, 15) is 4.79 Å². The molecule has 1 atom stereocenters. The molecule has 2 rings (SSSR count). The second kappa shape index (κ2) is 5.40. The van der Waals surface area contributed by atoms with Crippen molar-refractivity contribution in [3.63, 3.8) is 0 Å². The molecule has 18 heavy (non-hydrogen) atoms. The maximum Gasteiger partial charge on any atom is 0.253 e. The van der Waals surface area contributed by atoms with Crippen molar-refractivity contribution in [2.75, 3.05) is 32.5 Å². The minimum Gasteiger partial charge on any atom is -0.381 e. The van der Waals surface area contributed by atoms with Gasteiger partial charge in [0.1, 0.15) is 0 Å². The summed E-state index contributed by atoms with van der Waals surface area (Å²) >= 11 is 0. The summed E-state index contributed by atoms with van der Waals surface area (Å²) in [7, 11) is 3.55. The molecular weight excluding hydrogens is 226 g/mol. The minimum absolute atomic E-state index is 0.0441. The zero-order chi connectivity index (χ0) is 13.1. The van der Waals surface area contributed by atoms with Crippen LogP contribution in [0.2, 0.25) is 0 Å². The topological polar surface area (TPSA) is 44.4 Å². The van der Waals surface area contributed by atoms with Crippen LogP contribution in [0.15, 0.2) is 18.2 Å². The van der Waals surface area contributed by atoms with E-state index in [1.54, 1.807) is 19.0 Å². The van der Waals surface area contributed by atoms with Gasteiger partial charge in [-0.2, -0.15) is 0 Å². The maximum atomic E-state index is 11.9. The lowest BCUT2D eigenvalue weighted by Crippen LogP contribution is -2.24. The van der Waals surface area contributed by atoms with Gasteiger partial charge in [0.05, 0.1) is 0 Å². The molecule has 1 fully saturated rings. The van der Waals surface area contributed by atoms with Crippen molar-refractivity contribution in [3.05, 3.63) is 29.3 Å². The Kier molecular flexibility index (Phi) is 3.87. The minimum atomic E-state index is 0.0441. The first-order valence-corrected chi connectivity index (χ1v) is 6.37. The SMILES string of the molecule is Cc1ccc(C(=O)N(C)C)cc1NC1CCNC1. The van der Waals surface area contributed by atoms with E-state index in [2.05, 4.69) is 17.6 Å². The predicted octanol–water partition coefficient (Wildman–Crippen LogP) is 1.47. The van der Waals surface area contributed by atoms with Crippen molar-refractivity contribution in [1.82, 2.24) is 10.2 Å². The highest BCUT2D eigenvalue weighted by Gasteiger charge is 2.16. The van der Waals surface area contributed by atoms with E-state index < -0.39 is 0 Å². The lowest BCUT2D eigenvalue weighted by atomic mass is 10.1. The molecule has 1 saturated heterocycles. The first kappa shape index (κ1) is 12.9. The van der Waals surface area contributed by atoms with Gasteiger partial charge in [-0.15, -0.1) is 0 Å². The molecule has 0 spiro atoms. The molecule has 1 amide bonds. The van der Waals surface area contributed by atoms with E-state index in [4.69, 9.17) is 0 Å². The third-order valence-corrected chi connectivity index (χ3v) is 3.31. The molecule has 1 heterocycles. The van der Waals surface area contributed by atoms with Crippen LogP contribution >= 0.6 is 0 Å². The number of aryl methyl sites for hydroxylation is 1. The van der Waals surface area contributed by atoms with E-state index in [0.717, 1.165) is 30.8 Å². The second-order valence-electron chi connectivity index (χ2n) is 5.06. The molecule has 0 saturated carbocycles. The van der Waals surface area contributed by atoms with E-state index in [1.807, 2.05) is 18.2 Å². The van der Waals surface area contributed by atoms with Gasteiger partial charge in [0, 0.05) is 37.9 Å². The van der Waals surface area contributed by atoms with Gasteiger partial charge in [-0.05, 0) is 37.6 Å². The van der Waals surface area contributed by atoms with Crippen LogP contribution in [0.1, 0.15) is 22.3 Å². The molecule has 1 aliphatic rings. The number of carbonyl (C=O) groups excluding carboxylic acids is 1. The fourth-order valence-electron chi connectivity index (χ4n) is 2.17. The third-order valence-electron chi connectivity index (χ3n) is 3.31. The largest absolute Gasteiger partial charge is 0.381 e. The summed E-state index contributed by atoms with van der Waals surface area (Å²) in [6, 6.07) is 6.31. The number of nitrogens with zero attached hydrogens (tertiary/aromatic N) is 1. The van der Waals surface area contributed by atoms with Crippen molar-refractivity contribution in [2.24, 2.45) is 0 Å². The van der Waals surface area contributed by atoms with Crippen LogP contribution in [0, 0.1) is 6.92 Å². The summed E-state index contributed by atoms with van der Waals surface area (Å²) in [6.07, 6.45) is 1.13. The lowest BCUT2D eigenvalue weighted by Gasteiger charge is -2.17. The van der Waals surface area contributed by atoms with Gasteiger partial charge in [0.15, 0.2) is 0 Å². The monoisotopic (exact) mass is 247 g/mol. The van der Waals surface area contributed by atoms with E-state index >= 15 is 0 Å². The van der Waals surface area contributed by atoms with Crippen molar-refractivity contribution in [1.29, 1.82) is 0 Å². The van der Waals surface area contributed by atoms with Crippen molar-refractivity contribution < 1.29 is 4.79 Å². The normalized spacial score (nSPS) is 18.7. The lowest BCUT2D eigenvalue weighted by molar-refractivity contribution is 0.0827. The molecular formula is C14H21N3O. The van der Waals surface area contributed by atoms with Gasteiger partial charge >= 0.3 is 0 Å². The number of hydrogen-bond donors (Lipinski definition) is 2. The Labute approximate surface area is 108 Å². The predicted molar refractivity (Wildman–Crippen MR) is 74.1 cm³/mol. The molecule has 1 aromatic carbocycles. The molecule has 1 aliphatic heterocycles. The summed E-state index contributed by atoms with van der Waals surface area (Å²) in [4.78, 5) is 13.5. The first-order valence-electron chi connectivity index (χ1n) is 6.37. The summed E-state index contributed by atoms with van der Waals surface area (Å²) in [6.45, 7) is 4.12. The van der Waals surface area contributed by atoms with Gasteiger partial charge in [-0.25, -0.2) is 0 Å². The molecule has 0 radical (unpaired) electrons. The molecule has 4 heteroatoms. The Balaban J connectivity index is 2.18. The average Bonchev–Trinajstić information content (AvgIpc) is 2.84. The summed E-state index contributed by atoms with van der Waals surface area (Å²) in [5, 5.41) is 6.84. The summed E-state index contributed by atoms with van der Waals surface area (Å²) in [5.41, 5.74) is 2.98. The first-order chi connectivity index (χ1) is 8.58. The van der Waals surface area contributed by atoms with Crippen molar-refractivity contribution in [3.8, 4) is 0 Å². The van der Waals surface area contributed by atoms with Crippen LogP contribution in [-0.2, 0) is 0 Å². The highest BCUT2D eigenvalue weighted by Crippen LogP contribution is 2.20. The number of nitrogens with one attached hydrogen (secondary N) is 2. The van der Waals surface area contributed by atoms with Crippen LogP contribution in [0.25, 0.3) is 0 Å². The number of hydrogen-bond acceptors (Lipinski definition) is 3. The molecule has 4 nitrogen and oxygen atoms in total. The van der Waals surface area contributed by atoms with Crippen LogP contribution in [0.5, 0.6) is 0 Å². The fourth-order valence-corrected chi connectivity index (χ4v) is 2.17. The van der Waals surface area contributed by atoms with Gasteiger partial charge in [-0.1, -0.05) is 6.07 Å².